The van der Waals surface area contributed by atoms with Crippen molar-refractivity contribution < 1.29 is 39.4 Å². The molecule has 8 nitrogen and oxygen atoms in total. The van der Waals surface area contributed by atoms with Crippen LogP contribution in [-0.4, -0.2) is 58.1 Å². The van der Waals surface area contributed by atoms with Crippen LogP contribution in [0, 0.1) is 0 Å². The number of phenols is 2. The Balaban J connectivity index is 1.57. The van der Waals surface area contributed by atoms with Crippen molar-refractivity contribution in [2.75, 3.05) is 13.2 Å². The molecule has 0 bridgehead atoms. The van der Waals surface area contributed by atoms with Gasteiger partial charge in [-0.15, -0.1) is 0 Å². The Hall–Kier alpha value is -2.20. The molecule has 2 saturated heterocycles. The van der Waals surface area contributed by atoms with Crippen molar-refractivity contribution in [1.82, 2.24) is 0 Å². The van der Waals surface area contributed by atoms with Crippen LogP contribution in [0.2, 0.25) is 0 Å². The molecule has 150 valence electrons. The maximum atomic E-state index is 10.6. The molecule has 2 heterocycles. The van der Waals surface area contributed by atoms with Crippen molar-refractivity contribution in [2.24, 2.45) is 0 Å². The third kappa shape index (κ3) is 3.83. The van der Waals surface area contributed by atoms with Crippen molar-refractivity contribution in [3.05, 3.63) is 59.7 Å². The van der Waals surface area contributed by atoms with Gasteiger partial charge in [0.15, 0.2) is 12.6 Å². The van der Waals surface area contributed by atoms with Crippen LogP contribution in [0.5, 0.6) is 11.5 Å². The number of hydrogen-bond donors (Lipinski definition) is 4. The Morgan fingerprint density at radius 1 is 0.750 bits per heavy atom. The maximum absolute atomic E-state index is 10.6. The number of hydrogen-bond acceptors (Lipinski definition) is 8. The van der Waals surface area contributed by atoms with Gasteiger partial charge in [0.25, 0.3) is 0 Å². The molecule has 0 radical (unpaired) electrons. The highest BCUT2D eigenvalue weighted by atomic mass is 16.8. The van der Waals surface area contributed by atoms with Crippen LogP contribution in [0.15, 0.2) is 48.5 Å². The van der Waals surface area contributed by atoms with E-state index >= 15 is 0 Å². The summed E-state index contributed by atoms with van der Waals surface area (Å²) >= 11 is 0. The van der Waals surface area contributed by atoms with E-state index in [1.54, 1.807) is 24.3 Å². The van der Waals surface area contributed by atoms with Crippen LogP contribution in [0.1, 0.15) is 23.7 Å². The highest BCUT2D eigenvalue weighted by molar-refractivity contribution is 5.28. The minimum atomic E-state index is -0.996. The highest BCUT2D eigenvalue weighted by Crippen LogP contribution is 2.38. The van der Waals surface area contributed by atoms with Crippen LogP contribution in [0.3, 0.4) is 0 Å². The molecule has 0 saturated carbocycles. The van der Waals surface area contributed by atoms with E-state index in [9.17, 15) is 20.4 Å². The summed E-state index contributed by atoms with van der Waals surface area (Å²) in [4.78, 5) is 0. The molecule has 0 amide bonds. The summed E-state index contributed by atoms with van der Waals surface area (Å²) in [6, 6.07) is 12.6. The number of aliphatic hydroxyl groups is 2. The first kappa shape index (κ1) is 19.1. The molecule has 4 N–H and O–H groups in total. The SMILES string of the molecule is OC[C@H]1OC(c2ccc(O)cc2)O[C@@H]2[C@H]1OC(c1ccc(O)cc1)OC[C@@H]2O. The molecule has 0 aromatic heterocycles. The van der Waals surface area contributed by atoms with Gasteiger partial charge < -0.3 is 39.4 Å². The van der Waals surface area contributed by atoms with Gasteiger partial charge in [0.2, 0.25) is 0 Å². The van der Waals surface area contributed by atoms with Crippen LogP contribution in [-0.2, 0) is 18.9 Å². The van der Waals surface area contributed by atoms with Gasteiger partial charge in [-0.25, -0.2) is 0 Å². The summed E-state index contributed by atoms with van der Waals surface area (Å²) < 4.78 is 23.5. The van der Waals surface area contributed by atoms with Gasteiger partial charge in [0.1, 0.15) is 35.9 Å². The van der Waals surface area contributed by atoms with E-state index in [4.69, 9.17) is 18.9 Å². The molecular weight excluding hydrogens is 368 g/mol. The lowest BCUT2D eigenvalue weighted by atomic mass is 10.0. The lowest BCUT2D eigenvalue weighted by Crippen LogP contribution is -2.54. The zero-order chi connectivity index (χ0) is 19.7. The smallest absolute Gasteiger partial charge is 0.184 e. The Morgan fingerprint density at radius 3 is 1.86 bits per heavy atom. The minimum Gasteiger partial charge on any atom is -0.508 e. The molecule has 2 aliphatic rings. The average molecular weight is 390 g/mol. The van der Waals surface area contributed by atoms with E-state index in [1.165, 1.54) is 24.3 Å². The summed E-state index contributed by atoms with van der Waals surface area (Å²) in [5, 5.41) is 39.3. The average Bonchev–Trinajstić information content (AvgIpc) is 2.88. The first-order valence-corrected chi connectivity index (χ1v) is 9.00. The number of benzene rings is 2. The lowest BCUT2D eigenvalue weighted by molar-refractivity contribution is -0.322. The summed E-state index contributed by atoms with van der Waals surface area (Å²) in [6.45, 7) is -0.374. The lowest BCUT2D eigenvalue weighted by Gasteiger charge is -2.41. The third-order valence-electron chi connectivity index (χ3n) is 4.86. The molecule has 0 spiro atoms. The minimum absolute atomic E-state index is 0.0346. The van der Waals surface area contributed by atoms with Gasteiger partial charge in [0, 0.05) is 11.1 Å². The summed E-state index contributed by atoms with van der Waals surface area (Å²) in [7, 11) is 0. The van der Waals surface area contributed by atoms with E-state index in [1.807, 2.05) is 0 Å². The second kappa shape index (κ2) is 8.04. The van der Waals surface area contributed by atoms with Crippen LogP contribution in [0.4, 0.5) is 0 Å². The normalized spacial score (nSPS) is 33.1. The zero-order valence-corrected chi connectivity index (χ0v) is 14.9. The quantitative estimate of drug-likeness (QED) is 0.620. The number of rotatable bonds is 3. The Kier molecular flexibility index (Phi) is 5.49. The summed E-state index contributed by atoms with van der Waals surface area (Å²) in [5.41, 5.74) is 1.30. The molecule has 2 fully saturated rings. The van der Waals surface area contributed by atoms with E-state index in [0.717, 1.165) is 0 Å². The molecule has 8 heteroatoms. The number of aromatic hydroxyl groups is 2. The molecule has 4 rings (SSSR count). The van der Waals surface area contributed by atoms with Crippen molar-refractivity contribution in [1.29, 1.82) is 0 Å². The molecule has 2 aromatic rings. The topological polar surface area (TPSA) is 118 Å². The number of phenolic OH excluding ortho intramolecular Hbond substituents is 2. The number of ether oxygens (including phenoxy) is 4. The highest BCUT2D eigenvalue weighted by Gasteiger charge is 2.47. The second-order valence-corrected chi connectivity index (χ2v) is 6.81. The monoisotopic (exact) mass is 390 g/mol. The predicted octanol–water partition coefficient (Wildman–Crippen LogP) is 1.35. The van der Waals surface area contributed by atoms with Gasteiger partial charge in [0.05, 0.1) is 13.2 Å². The second-order valence-electron chi connectivity index (χ2n) is 6.81. The van der Waals surface area contributed by atoms with Crippen molar-refractivity contribution >= 4 is 0 Å². The zero-order valence-electron chi connectivity index (χ0n) is 14.9. The summed E-state index contributed by atoms with van der Waals surface area (Å²) in [6.07, 6.45) is -4.95. The van der Waals surface area contributed by atoms with E-state index in [-0.39, 0.29) is 24.7 Å². The third-order valence-corrected chi connectivity index (χ3v) is 4.86. The first-order valence-electron chi connectivity index (χ1n) is 9.00. The molecule has 6 atom stereocenters. The molecule has 0 aliphatic carbocycles. The first-order chi connectivity index (χ1) is 13.5. The van der Waals surface area contributed by atoms with Crippen molar-refractivity contribution in [3.8, 4) is 11.5 Å². The van der Waals surface area contributed by atoms with Gasteiger partial charge in [-0.1, -0.05) is 24.3 Å². The molecule has 2 aromatic carbocycles. The number of fused-ring (bicyclic) bond motifs is 1. The molecule has 28 heavy (non-hydrogen) atoms. The molecule has 2 aliphatic heterocycles. The summed E-state index contributed by atoms with van der Waals surface area (Å²) in [5.74, 6) is 0.226. The molecule has 2 unspecified atom stereocenters. The number of aliphatic hydroxyl groups excluding tert-OH is 2. The van der Waals surface area contributed by atoms with Crippen molar-refractivity contribution in [3.63, 3.8) is 0 Å². The largest absolute Gasteiger partial charge is 0.508 e. The van der Waals surface area contributed by atoms with E-state index in [0.29, 0.717) is 11.1 Å². The Labute approximate surface area is 161 Å². The van der Waals surface area contributed by atoms with Crippen LogP contribution >= 0.6 is 0 Å². The maximum Gasteiger partial charge on any atom is 0.184 e. The fourth-order valence-corrected chi connectivity index (χ4v) is 3.38. The molecular formula is C20H22O8. The van der Waals surface area contributed by atoms with Gasteiger partial charge >= 0.3 is 0 Å². The standard InChI is InChI=1S/C20H22O8/c21-9-16-18-17(27-20(26-16)12-3-7-14(23)8-4-12)15(24)10-25-19(28-18)11-1-5-13(22)6-2-11/h1-8,15-24H,9-10H2/t15-,16+,17-,18-,19?,20?/m0/s1. The Morgan fingerprint density at radius 2 is 1.29 bits per heavy atom. The fourth-order valence-electron chi connectivity index (χ4n) is 3.38. The van der Waals surface area contributed by atoms with Crippen molar-refractivity contribution in [2.45, 2.75) is 37.0 Å². The Bertz CT molecular complexity index is 734. The van der Waals surface area contributed by atoms with E-state index in [2.05, 4.69) is 0 Å². The predicted molar refractivity (Wildman–Crippen MR) is 95.4 cm³/mol. The van der Waals surface area contributed by atoms with Crippen LogP contribution in [0.25, 0.3) is 0 Å². The van der Waals surface area contributed by atoms with Gasteiger partial charge in [-0.05, 0) is 24.3 Å². The van der Waals surface area contributed by atoms with Gasteiger partial charge in [-0.2, -0.15) is 0 Å². The van der Waals surface area contributed by atoms with Gasteiger partial charge in [-0.3, -0.25) is 0 Å². The van der Waals surface area contributed by atoms with Crippen LogP contribution < -0.4 is 0 Å². The van der Waals surface area contributed by atoms with E-state index < -0.39 is 37.0 Å². The fraction of sp³-hybridized carbons (Fsp3) is 0.400.